The van der Waals surface area contributed by atoms with Gasteiger partial charge in [-0.3, -0.25) is 4.79 Å². The first-order chi connectivity index (χ1) is 10.3. The number of H-pyrrole nitrogens is 1. The smallest absolute Gasteiger partial charge is 0.256 e. The minimum absolute atomic E-state index is 0.186. The minimum Gasteiger partial charge on any atom is -0.476 e. The summed E-state index contributed by atoms with van der Waals surface area (Å²) >= 11 is 0. The Labute approximate surface area is 122 Å². The zero-order valence-electron chi connectivity index (χ0n) is 11.6. The molecule has 1 aromatic carbocycles. The molecule has 3 rings (SSSR count). The highest BCUT2D eigenvalue weighted by Crippen LogP contribution is 2.23. The van der Waals surface area contributed by atoms with Gasteiger partial charge in [0.25, 0.3) is 5.91 Å². The van der Waals surface area contributed by atoms with Crippen LogP contribution in [-0.4, -0.2) is 22.5 Å². The summed E-state index contributed by atoms with van der Waals surface area (Å²) in [5.41, 5.74) is 2.11. The van der Waals surface area contributed by atoms with Crippen molar-refractivity contribution in [1.29, 1.82) is 0 Å². The standard InChI is InChI=1S/C16H15N3O2/c1-2-21-16-14(7-4-9-18-16)19-15(20)12-5-3-6-13-11(12)8-10-17-13/h3-10,17H,2H2,1H3,(H,19,20). The number of nitrogens with zero attached hydrogens (tertiary/aromatic N) is 1. The van der Waals surface area contributed by atoms with E-state index < -0.39 is 0 Å². The molecule has 0 saturated carbocycles. The van der Waals surface area contributed by atoms with Crippen molar-refractivity contribution in [2.45, 2.75) is 6.92 Å². The van der Waals surface area contributed by atoms with E-state index in [1.54, 1.807) is 24.4 Å². The van der Waals surface area contributed by atoms with Crippen LogP contribution < -0.4 is 10.1 Å². The number of carbonyl (C=O) groups excluding carboxylic acids is 1. The Bertz CT molecular complexity index is 780. The Hall–Kier alpha value is -2.82. The summed E-state index contributed by atoms with van der Waals surface area (Å²) in [6.45, 7) is 2.37. The van der Waals surface area contributed by atoms with E-state index in [4.69, 9.17) is 4.74 Å². The topological polar surface area (TPSA) is 67.0 Å². The number of hydrogen-bond acceptors (Lipinski definition) is 3. The summed E-state index contributed by atoms with van der Waals surface area (Å²) in [5.74, 6) is 0.240. The molecule has 0 radical (unpaired) electrons. The molecule has 21 heavy (non-hydrogen) atoms. The molecule has 0 unspecified atom stereocenters. The number of fused-ring (bicyclic) bond motifs is 1. The molecule has 0 saturated heterocycles. The van der Waals surface area contributed by atoms with Gasteiger partial charge in [-0.05, 0) is 37.3 Å². The molecule has 0 aliphatic heterocycles. The largest absolute Gasteiger partial charge is 0.476 e. The fourth-order valence-electron chi connectivity index (χ4n) is 2.21. The third-order valence-corrected chi connectivity index (χ3v) is 3.14. The lowest BCUT2D eigenvalue weighted by Gasteiger charge is -2.10. The fourth-order valence-corrected chi connectivity index (χ4v) is 2.21. The maximum absolute atomic E-state index is 12.5. The zero-order chi connectivity index (χ0) is 14.7. The van der Waals surface area contributed by atoms with Gasteiger partial charge in [-0.25, -0.2) is 4.98 Å². The van der Waals surface area contributed by atoms with Gasteiger partial charge in [-0.1, -0.05) is 6.07 Å². The molecule has 2 N–H and O–H groups in total. The lowest BCUT2D eigenvalue weighted by molar-refractivity contribution is 0.102. The van der Waals surface area contributed by atoms with Crippen LogP contribution in [0.25, 0.3) is 10.9 Å². The van der Waals surface area contributed by atoms with Crippen LogP contribution in [0.15, 0.2) is 48.8 Å². The SMILES string of the molecule is CCOc1ncccc1NC(=O)c1cccc2[nH]ccc12. The van der Waals surface area contributed by atoms with Gasteiger partial charge in [0.1, 0.15) is 5.69 Å². The molecule has 0 fully saturated rings. The molecule has 106 valence electrons. The van der Waals surface area contributed by atoms with Crippen LogP contribution in [-0.2, 0) is 0 Å². The number of carbonyl (C=O) groups is 1. The summed E-state index contributed by atoms with van der Waals surface area (Å²) in [7, 11) is 0. The van der Waals surface area contributed by atoms with Crippen LogP contribution in [0, 0.1) is 0 Å². The molecule has 3 aromatic rings. The maximum Gasteiger partial charge on any atom is 0.256 e. The van der Waals surface area contributed by atoms with Gasteiger partial charge in [0.2, 0.25) is 5.88 Å². The van der Waals surface area contributed by atoms with E-state index in [1.165, 1.54) is 0 Å². The highest BCUT2D eigenvalue weighted by Gasteiger charge is 2.13. The molecule has 5 heteroatoms. The van der Waals surface area contributed by atoms with Crippen LogP contribution in [0.5, 0.6) is 5.88 Å². The predicted molar refractivity (Wildman–Crippen MR) is 81.7 cm³/mol. The van der Waals surface area contributed by atoms with E-state index in [2.05, 4.69) is 15.3 Å². The summed E-state index contributed by atoms with van der Waals surface area (Å²) in [4.78, 5) is 19.7. The lowest BCUT2D eigenvalue weighted by atomic mass is 10.1. The fraction of sp³-hybridized carbons (Fsp3) is 0.125. The first-order valence-electron chi connectivity index (χ1n) is 6.75. The third-order valence-electron chi connectivity index (χ3n) is 3.14. The summed E-state index contributed by atoms with van der Waals surface area (Å²) in [6.07, 6.45) is 3.45. The number of anilines is 1. The molecule has 2 heterocycles. The molecule has 0 spiro atoms. The van der Waals surface area contributed by atoms with Crippen molar-refractivity contribution >= 4 is 22.5 Å². The van der Waals surface area contributed by atoms with E-state index >= 15 is 0 Å². The molecular formula is C16H15N3O2. The highest BCUT2D eigenvalue weighted by molar-refractivity contribution is 6.12. The Morgan fingerprint density at radius 1 is 1.29 bits per heavy atom. The second-order valence-electron chi connectivity index (χ2n) is 4.49. The number of hydrogen-bond donors (Lipinski definition) is 2. The average molecular weight is 281 g/mol. The van der Waals surface area contributed by atoms with Crippen molar-refractivity contribution in [2.24, 2.45) is 0 Å². The van der Waals surface area contributed by atoms with Crippen molar-refractivity contribution in [2.75, 3.05) is 11.9 Å². The highest BCUT2D eigenvalue weighted by atomic mass is 16.5. The molecule has 0 bridgehead atoms. The Morgan fingerprint density at radius 2 is 2.19 bits per heavy atom. The quantitative estimate of drug-likeness (QED) is 0.771. The van der Waals surface area contributed by atoms with E-state index in [9.17, 15) is 4.79 Å². The third kappa shape index (κ3) is 2.58. The van der Waals surface area contributed by atoms with Crippen molar-refractivity contribution < 1.29 is 9.53 Å². The minimum atomic E-state index is -0.186. The molecule has 0 aliphatic carbocycles. The Kier molecular flexibility index (Phi) is 3.55. The van der Waals surface area contributed by atoms with E-state index in [1.807, 2.05) is 31.3 Å². The molecule has 0 aliphatic rings. The van der Waals surface area contributed by atoms with Crippen molar-refractivity contribution in [3.8, 4) is 5.88 Å². The predicted octanol–water partition coefficient (Wildman–Crippen LogP) is 3.21. The molecule has 5 nitrogen and oxygen atoms in total. The summed E-state index contributed by atoms with van der Waals surface area (Å²) < 4.78 is 5.41. The second-order valence-corrected chi connectivity index (χ2v) is 4.49. The summed E-state index contributed by atoms with van der Waals surface area (Å²) in [5, 5.41) is 3.74. The van der Waals surface area contributed by atoms with E-state index in [-0.39, 0.29) is 5.91 Å². The van der Waals surface area contributed by atoms with Crippen LogP contribution in [0.1, 0.15) is 17.3 Å². The lowest BCUT2D eigenvalue weighted by Crippen LogP contribution is -2.13. The summed E-state index contributed by atoms with van der Waals surface area (Å²) in [6, 6.07) is 11.0. The Morgan fingerprint density at radius 3 is 3.05 bits per heavy atom. The van der Waals surface area contributed by atoms with Crippen LogP contribution in [0.2, 0.25) is 0 Å². The molecule has 0 atom stereocenters. The van der Waals surface area contributed by atoms with Crippen LogP contribution in [0.4, 0.5) is 5.69 Å². The zero-order valence-corrected chi connectivity index (χ0v) is 11.6. The van der Waals surface area contributed by atoms with Gasteiger partial charge >= 0.3 is 0 Å². The van der Waals surface area contributed by atoms with Crippen molar-refractivity contribution in [1.82, 2.24) is 9.97 Å². The van der Waals surface area contributed by atoms with Crippen molar-refractivity contribution in [3.05, 3.63) is 54.4 Å². The number of rotatable bonds is 4. The Balaban J connectivity index is 1.92. The first-order valence-corrected chi connectivity index (χ1v) is 6.75. The van der Waals surface area contributed by atoms with Crippen molar-refractivity contribution in [3.63, 3.8) is 0 Å². The molecule has 1 amide bonds. The van der Waals surface area contributed by atoms with Gasteiger partial charge < -0.3 is 15.0 Å². The van der Waals surface area contributed by atoms with Gasteiger partial charge in [0.05, 0.1) is 6.61 Å². The van der Waals surface area contributed by atoms with Gasteiger partial charge in [0.15, 0.2) is 0 Å². The average Bonchev–Trinajstić information content (AvgIpc) is 2.97. The molecule has 2 aromatic heterocycles. The van der Waals surface area contributed by atoms with Crippen LogP contribution >= 0.6 is 0 Å². The number of nitrogens with one attached hydrogen (secondary N) is 2. The number of ether oxygens (including phenoxy) is 1. The van der Waals surface area contributed by atoms with Crippen LogP contribution in [0.3, 0.4) is 0 Å². The second kappa shape index (κ2) is 5.66. The maximum atomic E-state index is 12.5. The number of aromatic nitrogens is 2. The first kappa shape index (κ1) is 13.2. The van der Waals surface area contributed by atoms with E-state index in [0.717, 1.165) is 10.9 Å². The number of pyridine rings is 1. The van der Waals surface area contributed by atoms with Gasteiger partial charge in [-0.2, -0.15) is 0 Å². The normalized spacial score (nSPS) is 10.5. The number of benzene rings is 1. The number of amides is 1. The van der Waals surface area contributed by atoms with Gasteiger partial charge in [0, 0.05) is 28.9 Å². The molecular weight excluding hydrogens is 266 g/mol. The number of aromatic amines is 1. The van der Waals surface area contributed by atoms with Gasteiger partial charge in [-0.15, -0.1) is 0 Å². The monoisotopic (exact) mass is 281 g/mol. The van der Waals surface area contributed by atoms with E-state index in [0.29, 0.717) is 23.7 Å².